The van der Waals surface area contributed by atoms with Gasteiger partial charge in [-0.05, 0) is 43.2 Å². The van der Waals surface area contributed by atoms with Crippen molar-refractivity contribution < 1.29 is 14.5 Å². The predicted octanol–water partition coefficient (Wildman–Crippen LogP) is 3.22. The molecule has 1 aliphatic rings. The SMILES string of the molecule is O=C(Oc1ccc(-c2cn3cc([N+](=O)[O-])ccc3n2)cc1)C1CC1. The van der Waals surface area contributed by atoms with Crippen molar-refractivity contribution in [3.8, 4) is 17.0 Å². The Hall–Kier alpha value is -3.22. The summed E-state index contributed by atoms with van der Waals surface area (Å²) in [5.41, 5.74) is 2.16. The first-order chi connectivity index (χ1) is 11.6. The number of aromatic nitrogens is 2. The Bertz CT molecular complexity index is 942. The number of carbonyl (C=O) groups excluding carboxylic acids is 1. The van der Waals surface area contributed by atoms with Gasteiger partial charge in [-0.3, -0.25) is 19.3 Å². The second-order valence-electron chi connectivity index (χ2n) is 5.76. The quantitative estimate of drug-likeness (QED) is 0.318. The summed E-state index contributed by atoms with van der Waals surface area (Å²) in [6, 6.07) is 10.1. The molecule has 0 bridgehead atoms. The van der Waals surface area contributed by atoms with Crippen LogP contribution in [-0.2, 0) is 4.79 Å². The topological polar surface area (TPSA) is 86.7 Å². The maximum absolute atomic E-state index is 11.6. The molecule has 0 radical (unpaired) electrons. The number of carbonyl (C=O) groups is 1. The van der Waals surface area contributed by atoms with Crippen molar-refractivity contribution >= 4 is 17.3 Å². The largest absolute Gasteiger partial charge is 0.426 e. The second-order valence-corrected chi connectivity index (χ2v) is 5.76. The molecule has 4 rings (SSSR count). The van der Waals surface area contributed by atoms with E-state index in [4.69, 9.17) is 4.74 Å². The van der Waals surface area contributed by atoms with Crippen LogP contribution in [0.1, 0.15) is 12.8 Å². The molecule has 1 aliphatic carbocycles. The molecule has 0 saturated heterocycles. The van der Waals surface area contributed by atoms with E-state index in [9.17, 15) is 14.9 Å². The number of imidazole rings is 1. The highest BCUT2D eigenvalue weighted by Gasteiger charge is 2.31. The van der Waals surface area contributed by atoms with Gasteiger partial charge in [0.15, 0.2) is 0 Å². The summed E-state index contributed by atoms with van der Waals surface area (Å²) in [4.78, 5) is 26.5. The lowest BCUT2D eigenvalue weighted by Gasteiger charge is -2.03. The molecule has 0 unspecified atom stereocenters. The molecule has 0 spiro atoms. The minimum absolute atomic E-state index is 0.00814. The van der Waals surface area contributed by atoms with Gasteiger partial charge >= 0.3 is 5.97 Å². The number of fused-ring (bicyclic) bond motifs is 1. The van der Waals surface area contributed by atoms with Crippen LogP contribution in [0.2, 0.25) is 0 Å². The Kier molecular flexibility index (Phi) is 3.26. The number of benzene rings is 1. The van der Waals surface area contributed by atoms with Gasteiger partial charge in [0.05, 0.1) is 22.7 Å². The Balaban J connectivity index is 1.59. The maximum Gasteiger partial charge on any atom is 0.314 e. The van der Waals surface area contributed by atoms with Gasteiger partial charge in [-0.15, -0.1) is 0 Å². The van der Waals surface area contributed by atoms with E-state index >= 15 is 0 Å². The van der Waals surface area contributed by atoms with Crippen LogP contribution in [-0.4, -0.2) is 20.3 Å². The molecule has 1 fully saturated rings. The van der Waals surface area contributed by atoms with E-state index in [0.29, 0.717) is 17.1 Å². The molecule has 0 aliphatic heterocycles. The zero-order chi connectivity index (χ0) is 16.7. The molecule has 24 heavy (non-hydrogen) atoms. The summed E-state index contributed by atoms with van der Waals surface area (Å²) in [5.74, 6) is 0.386. The standard InChI is InChI=1S/C17H13N3O4/c21-17(12-1-2-12)24-14-6-3-11(4-7-14)15-10-19-9-13(20(22)23)5-8-16(19)18-15/h3-10,12H,1-2H2. The van der Waals surface area contributed by atoms with Gasteiger partial charge < -0.3 is 4.74 Å². The van der Waals surface area contributed by atoms with Gasteiger partial charge in [0, 0.05) is 17.8 Å². The van der Waals surface area contributed by atoms with Gasteiger partial charge in [-0.1, -0.05) is 0 Å². The molecule has 0 amide bonds. The summed E-state index contributed by atoms with van der Waals surface area (Å²) in [7, 11) is 0. The van der Waals surface area contributed by atoms with Crippen molar-refractivity contribution in [2.45, 2.75) is 12.8 Å². The molecular weight excluding hydrogens is 310 g/mol. The Labute approximate surface area is 136 Å². The molecule has 2 heterocycles. The van der Waals surface area contributed by atoms with Crippen LogP contribution >= 0.6 is 0 Å². The number of pyridine rings is 1. The van der Waals surface area contributed by atoms with Crippen LogP contribution in [0.15, 0.2) is 48.8 Å². The highest BCUT2D eigenvalue weighted by molar-refractivity contribution is 5.77. The summed E-state index contributed by atoms with van der Waals surface area (Å²) >= 11 is 0. The Morgan fingerprint density at radius 2 is 1.92 bits per heavy atom. The number of rotatable bonds is 4. The third-order valence-electron chi connectivity index (χ3n) is 3.93. The average Bonchev–Trinajstić information content (AvgIpc) is 3.34. The minimum atomic E-state index is -0.442. The van der Waals surface area contributed by atoms with Gasteiger partial charge in [-0.2, -0.15) is 0 Å². The summed E-state index contributed by atoms with van der Waals surface area (Å²) in [5, 5.41) is 10.8. The molecule has 2 aromatic heterocycles. The van der Waals surface area contributed by atoms with Gasteiger partial charge in [0.1, 0.15) is 11.4 Å². The molecule has 1 saturated carbocycles. The molecule has 0 N–H and O–H groups in total. The van der Waals surface area contributed by atoms with E-state index in [2.05, 4.69) is 4.98 Å². The van der Waals surface area contributed by atoms with Crippen molar-refractivity contribution in [1.82, 2.24) is 9.38 Å². The van der Waals surface area contributed by atoms with E-state index in [1.807, 2.05) is 12.1 Å². The highest BCUT2D eigenvalue weighted by atomic mass is 16.6. The van der Waals surface area contributed by atoms with E-state index in [1.54, 1.807) is 28.8 Å². The Morgan fingerprint density at radius 1 is 1.17 bits per heavy atom. The van der Waals surface area contributed by atoms with Crippen LogP contribution < -0.4 is 4.74 Å². The minimum Gasteiger partial charge on any atom is -0.426 e. The van der Waals surface area contributed by atoms with E-state index < -0.39 is 4.92 Å². The fraction of sp³-hybridized carbons (Fsp3) is 0.176. The first-order valence-corrected chi connectivity index (χ1v) is 7.55. The number of hydrogen-bond donors (Lipinski definition) is 0. The van der Waals surface area contributed by atoms with Crippen molar-refractivity contribution in [3.05, 3.63) is 58.9 Å². The molecule has 3 aromatic rings. The van der Waals surface area contributed by atoms with E-state index in [0.717, 1.165) is 18.4 Å². The van der Waals surface area contributed by atoms with Crippen molar-refractivity contribution in [3.63, 3.8) is 0 Å². The first-order valence-electron chi connectivity index (χ1n) is 7.55. The maximum atomic E-state index is 11.6. The van der Waals surface area contributed by atoms with Crippen LogP contribution in [0.5, 0.6) is 5.75 Å². The van der Waals surface area contributed by atoms with E-state index in [-0.39, 0.29) is 17.6 Å². The average molecular weight is 323 g/mol. The molecule has 7 nitrogen and oxygen atoms in total. The van der Waals surface area contributed by atoms with Crippen LogP contribution in [0, 0.1) is 16.0 Å². The number of esters is 1. The summed E-state index contributed by atoms with van der Waals surface area (Å²) in [6.07, 6.45) is 4.97. The normalized spacial score (nSPS) is 13.8. The van der Waals surface area contributed by atoms with Crippen molar-refractivity contribution in [2.24, 2.45) is 5.92 Å². The smallest absolute Gasteiger partial charge is 0.314 e. The lowest BCUT2D eigenvalue weighted by Crippen LogP contribution is -2.09. The lowest BCUT2D eigenvalue weighted by molar-refractivity contribution is -0.385. The molecule has 120 valence electrons. The van der Waals surface area contributed by atoms with E-state index in [1.165, 1.54) is 12.3 Å². The zero-order valence-corrected chi connectivity index (χ0v) is 12.6. The number of ether oxygens (including phenoxy) is 1. The molecule has 1 aromatic carbocycles. The molecule has 7 heteroatoms. The monoisotopic (exact) mass is 323 g/mol. The Morgan fingerprint density at radius 3 is 2.58 bits per heavy atom. The van der Waals surface area contributed by atoms with Gasteiger partial charge in [0.2, 0.25) is 0 Å². The first kappa shape index (κ1) is 14.4. The highest BCUT2D eigenvalue weighted by Crippen LogP contribution is 2.31. The van der Waals surface area contributed by atoms with Gasteiger partial charge in [0.25, 0.3) is 5.69 Å². The third kappa shape index (κ3) is 2.71. The molecule has 0 atom stereocenters. The fourth-order valence-corrected chi connectivity index (χ4v) is 2.44. The van der Waals surface area contributed by atoms with Crippen LogP contribution in [0.25, 0.3) is 16.9 Å². The number of nitro groups is 1. The summed E-state index contributed by atoms with van der Waals surface area (Å²) < 4.78 is 6.91. The summed E-state index contributed by atoms with van der Waals surface area (Å²) in [6.45, 7) is 0. The number of nitrogens with zero attached hydrogens (tertiary/aromatic N) is 3. The number of hydrogen-bond acceptors (Lipinski definition) is 5. The van der Waals surface area contributed by atoms with Crippen LogP contribution in [0.3, 0.4) is 0 Å². The van der Waals surface area contributed by atoms with Crippen molar-refractivity contribution in [2.75, 3.05) is 0 Å². The molecular formula is C17H13N3O4. The fourth-order valence-electron chi connectivity index (χ4n) is 2.44. The lowest BCUT2D eigenvalue weighted by atomic mass is 10.1. The van der Waals surface area contributed by atoms with Crippen LogP contribution in [0.4, 0.5) is 5.69 Å². The zero-order valence-electron chi connectivity index (χ0n) is 12.6. The van der Waals surface area contributed by atoms with Gasteiger partial charge in [-0.25, -0.2) is 4.98 Å². The second kappa shape index (κ2) is 5.45. The predicted molar refractivity (Wildman–Crippen MR) is 85.6 cm³/mol. The third-order valence-corrected chi connectivity index (χ3v) is 3.93. The van der Waals surface area contributed by atoms with Crippen molar-refractivity contribution in [1.29, 1.82) is 0 Å².